The Kier molecular flexibility index (Phi) is 8.06. The Labute approximate surface area is 246 Å². The van der Waals surface area contributed by atoms with Gasteiger partial charge in [0.2, 0.25) is 0 Å². The van der Waals surface area contributed by atoms with E-state index in [2.05, 4.69) is 0 Å². The molecule has 0 bridgehead atoms. The van der Waals surface area contributed by atoms with Crippen LogP contribution in [0.25, 0.3) is 0 Å². The molecule has 1 aliphatic carbocycles. The second-order valence-electron chi connectivity index (χ2n) is 9.88. The summed E-state index contributed by atoms with van der Waals surface area (Å²) in [7, 11) is 0. The van der Waals surface area contributed by atoms with Gasteiger partial charge < -0.3 is 4.74 Å². The fraction of sp³-hybridized carbons (Fsp3) is 0.194. The Hall–Kier alpha value is -4.27. The van der Waals surface area contributed by atoms with E-state index in [9.17, 15) is 24.0 Å². The van der Waals surface area contributed by atoms with Gasteiger partial charge in [0.15, 0.2) is 5.78 Å². The number of hydrogen-bond donors (Lipinski definition) is 0. The number of benzene rings is 3. The first-order valence-electron chi connectivity index (χ1n) is 12.8. The Balaban J connectivity index is 1.40. The monoisotopic (exact) mass is 590 g/mol. The van der Waals surface area contributed by atoms with Crippen LogP contribution >= 0.6 is 23.2 Å². The number of hydrazine groups is 1. The van der Waals surface area contributed by atoms with Gasteiger partial charge in [-0.15, -0.1) is 0 Å². The summed E-state index contributed by atoms with van der Waals surface area (Å²) in [4.78, 5) is 66.4. The van der Waals surface area contributed by atoms with Crippen molar-refractivity contribution in [3.05, 3.63) is 111 Å². The minimum Gasteiger partial charge on any atom is -0.423 e. The van der Waals surface area contributed by atoms with Gasteiger partial charge in [0.1, 0.15) is 12.3 Å². The van der Waals surface area contributed by atoms with E-state index in [1.54, 1.807) is 30.3 Å². The molecule has 2 aliphatic rings. The number of nitrogens with zero attached hydrogens (tertiary/aromatic N) is 2. The number of imide groups is 1. The lowest BCUT2D eigenvalue weighted by Crippen LogP contribution is -2.52. The largest absolute Gasteiger partial charge is 0.423 e. The zero-order valence-corrected chi connectivity index (χ0v) is 23.4. The van der Waals surface area contributed by atoms with Gasteiger partial charge in [0.05, 0.1) is 28.0 Å². The van der Waals surface area contributed by atoms with E-state index in [0.717, 1.165) is 15.6 Å². The molecule has 0 spiro atoms. The summed E-state index contributed by atoms with van der Waals surface area (Å²) in [5.74, 6) is -3.99. The predicted octanol–water partition coefficient (Wildman–Crippen LogP) is 5.79. The van der Waals surface area contributed by atoms with Crippen LogP contribution < -0.4 is 4.74 Å². The van der Waals surface area contributed by atoms with Crippen molar-refractivity contribution >= 4 is 52.7 Å². The number of ether oxygens (including phenoxy) is 1. The maximum atomic E-state index is 13.7. The zero-order valence-electron chi connectivity index (χ0n) is 21.9. The Morgan fingerprint density at radius 2 is 1.59 bits per heavy atom. The normalized spacial score (nSPS) is 18.0. The van der Waals surface area contributed by atoms with Crippen molar-refractivity contribution in [2.75, 3.05) is 6.54 Å². The number of esters is 1. The molecule has 1 heterocycles. The molecule has 3 aromatic rings. The van der Waals surface area contributed by atoms with Crippen molar-refractivity contribution in [1.82, 2.24) is 10.0 Å². The highest BCUT2D eigenvalue weighted by Crippen LogP contribution is 2.39. The van der Waals surface area contributed by atoms with E-state index < -0.39 is 47.9 Å². The third-order valence-corrected chi connectivity index (χ3v) is 7.67. The van der Waals surface area contributed by atoms with E-state index in [4.69, 9.17) is 27.9 Å². The molecule has 1 saturated heterocycles. The molecule has 1 aliphatic heterocycles. The van der Waals surface area contributed by atoms with Crippen LogP contribution in [0.5, 0.6) is 5.75 Å². The van der Waals surface area contributed by atoms with Crippen LogP contribution in [0.4, 0.5) is 0 Å². The lowest BCUT2D eigenvalue weighted by molar-refractivity contribution is -0.154. The van der Waals surface area contributed by atoms with Gasteiger partial charge in [-0.2, -0.15) is 5.01 Å². The number of carbonyl (C=O) groups is 5. The van der Waals surface area contributed by atoms with Gasteiger partial charge in [-0.25, -0.2) is 9.80 Å². The van der Waals surface area contributed by atoms with Crippen LogP contribution in [0.1, 0.15) is 50.8 Å². The molecule has 3 amide bonds. The minimum absolute atomic E-state index is 0.0126. The Morgan fingerprint density at radius 3 is 2.27 bits per heavy atom. The van der Waals surface area contributed by atoms with E-state index in [1.165, 1.54) is 42.5 Å². The highest BCUT2D eigenvalue weighted by Gasteiger charge is 2.52. The first-order chi connectivity index (χ1) is 19.6. The Bertz CT molecular complexity index is 1590. The fourth-order valence-electron chi connectivity index (χ4n) is 4.97. The average Bonchev–Trinajstić information content (AvgIpc) is 3.20. The maximum absolute atomic E-state index is 13.7. The van der Waals surface area contributed by atoms with Crippen molar-refractivity contribution in [2.24, 2.45) is 11.8 Å². The summed E-state index contributed by atoms with van der Waals surface area (Å²) < 4.78 is 5.36. The molecule has 208 valence electrons. The molecule has 1 fully saturated rings. The third kappa shape index (κ3) is 5.80. The fourth-order valence-corrected chi connectivity index (χ4v) is 5.46. The molecule has 0 N–H and O–H groups in total. The van der Waals surface area contributed by atoms with Gasteiger partial charge in [-0.1, -0.05) is 53.1 Å². The van der Waals surface area contributed by atoms with E-state index >= 15 is 0 Å². The van der Waals surface area contributed by atoms with Crippen LogP contribution in [0.15, 0.2) is 84.4 Å². The summed E-state index contributed by atoms with van der Waals surface area (Å²) >= 11 is 12.3. The number of ketones is 1. The number of amides is 3. The summed E-state index contributed by atoms with van der Waals surface area (Å²) in [5, 5.41) is 1.96. The molecule has 0 unspecified atom stereocenters. The van der Waals surface area contributed by atoms with Crippen molar-refractivity contribution in [2.45, 2.75) is 19.8 Å². The first-order valence-corrected chi connectivity index (χ1v) is 13.6. The van der Waals surface area contributed by atoms with Crippen molar-refractivity contribution in [3.8, 4) is 5.75 Å². The number of hydrogen-bond acceptors (Lipinski definition) is 6. The lowest BCUT2D eigenvalue weighted by atomic mass is 9.82. The van der Waals surface area contributed by atoms with E-state index in [-0.39, 0.29) is 21.9 Å². The highest BCUT2D eigenvalue weighted by molar-refractivity contribution is 6.36. The first kappa shape index (κ1) is 28.3. The second-order valence-corrected chi connectivity index (χ2v) is 10.7. The van der Waals surface area contributed by atoms with Crippen LogP contribution in [0, 0.1) is 11.8 Å². The number of Topliss-reactive ketones (excluding diaryl/α,β-unsaturated/α-hetero) is 1. The number of allylic oxidation sites excluding steroid dienone is 2. The molecule has 41 heavy (non-hydrogen) atoms. The van der Waals surface area contributed by atoms with E-state index in [0.29, 0.717) is 23.4 Å². The molecule has 3 aromatic carbocycles. The van der Waals surface area contributed by atoms with Crippen LogP contribution in [0.3, 0.4) is 0 Å². The lowest BCUT2D eigenvalue weighted by Gasteiger charge is -2.30. The average molecular weight is 591 g/mol. The van der Waals surface area contributed by atoms with Crippen LogP contribution in [-0.2, 0) is 9.59 Å². The predicted molar refractivity (Wildman–Crippen MR) is 151 cm³/mol. The number of carbonyl (C=O) groups excluding carboxylic acids is 5. The van der Waals surface area contributed by atoms with Gasteiger partial charge in [0.25, 0.3) is 17.7 Å². The SMILES string of the molecule is CC1=CC[C@@H]2C(=O)N(N(CC(=O)c3ccc(OC(=O)c4ccccc4)cc3)C(=O)c3ccc(Cl)cc3Cl)C(=O)[C@H]2C1. The van der Waals surface area contributed by atoms with Crippen molar-refractivity contribution < 1.29 is 28.7 Å². The molecular formula is C31H24Cl2N2O6. The molecule has 10 heteroatoms. The number of fused-ring (bicyclic) bond motifs is 1. The van der Waals surface area contributed by atoms with Crippen molar-refractivity contribution in [1.29, 1.82) is 0 Å². The highest BCUT2D eigenvalue weighted by atomic mass is 35.5. The number of halogens is 2. The molecule has 0 saturated carbocycles. The molecule has 5 rings (SSSR count). The van der Waals surface area contributed by atoms with Gasteiger partial charge in [-0.05, 0) is 74.4 Å². The van der Waals surface area contributed by atoms with Gasteiger partial charge >= 0.3 is 5.97 Å². The van der Waals surface area contributed by atoms with Crippen LogP contribution in [-0.4, -0.2) is 46.0 Å². The maximum Gasteiger partial charge on any atom is 0.343 e. The molecule has 0 radical (unpaired) electrons. The standard InChI is InChI=1S/C31H24Cl2N2O6/c1-18-7-13-23-25(15-18)30(39)35(29(23)38)34(28(37)24-14-10-21(32)16-26(24)33)17-27(36)19-8-11-22(12-9-19)41-31(40)20-5-3-2-4-6-20/h2-12,14,16,23,25H,13,15,17H2,1H3/t23-,25-/m0/s1. The molecule has 2 atom stereocenters. The van der Waals surface area contributed by atoms with Gasteiger partial charge in [-0.3, -0.25) is 19.2 Å². The zero-order chi connectivity index (χ0) is 29.3. The van der Waals surface area contributed by atoms with E-state index in [1.807, 2.05) is 13.0 Å². The molecule has 0 aromatic heterocycles. The summed E-state index contributed by atoms with van der Waals surface area (Å²) in [6.07, 6.45) is 2.68. The Morgan fingerprint density at radius 1 is 0.902 bits per heavy atom. The second kappa shape index (κ2) is 11.7. The quantitative estimate of drug-likeness (QED) is 0.113. The third-order valence-electron chi connectivity index (χ3n) is 7.13. The number of rotatable bonds is 7. The van der Waals surface area contributed by atoms with Crippen LogP contribution in [0.2, 0.25) is 10.0 Å². The summed E-state index contributed by atoms with van der Waals surface area (Å²) in [6.45, 7) is 1.28. The minimum atomic E-state index is -0.793. The topological polar surface area (TPSA) is 101 Å². The van der Waals surface area contributed by atoms with Crippen molar-refractivity contribution in [3.63, 3.8) is 0 Å². The summed E-state index contributed by atoms with van der Waals surface area (Å²) in [5.41, 5.74) is 1.51. The molecule has 8 nitrogen and oxygen atoms in total. The summed E-state index contributed by atoms with van der Waals surface area (Å²) in [6, 6.07) is 18.4. The van der Waals surface area contributed by atoms with Gasteiger partial charge in [0, 0.05) is 10.6 Å². The molecular weight excluding hydrogens is 567 g/mol. The smallest absolute Gasteiger partial charge is 0.343 e.